The molecule has 0 aliphatic rings. The minimum Gasteiger partial charge on any atom is -0.285 e. The molecule has 0 unspecified atom stereocenters. The first kappa shape index (κ1) is 12.0. The van der Waals surface area contributed by atoms with Gasteiger partial charge in [0.1, 0.15) is 0 Å². The number of aromatic nitrogens is 2. The van der Waals surface area contributed by atoms with Crippen LogP contribution in [0.5, 0.6) is 0 Å². The normalized spacial score (nSPS) is 9.40. The van der Waals surface area contributed by atoms with Crippen LogP contribution in [0, 0.1) is 6.07 Å². The van der Waals surface area contributed by atoms with E-state index in [0.717, 1.165) is 23.4 Å². The van der Waals surface area contributed by atoms with E-state index in [1.807, 2.05) is 36.7 Å². The summed E-state index contributed by atoms with van der Waals surface area (Å²) in [6, 6.07) is 10.8. The number of rotatable bonds is 2. The number of benzene rings is 1. The van der Waals surface area contributed by atoms with Crippen LogP contribution in [0.15, 0.2) is 36.7 Å². The van der Waals surface area contributed by atoms with Gasteiger partial charge < -0.3 is 0 Å². The Bertz CT molecular complexity index is 398. The molecule has 0 aliphatic heterocycles. The van der Waals surface area contributed by atoms with E-state index in [9.17, 15) is 0 Å². The van der Waals surface area contributed by atoms with Crippen LogP contribution in [0.1, 0.15) is 12.5 Å². The van der Waals surface area contributed by atoms with Crippen LogP contribution >= 0.6 is 0 Å². The molecule has 0 aliphatic carbocycles. The number of hydrogen-bond acceptors (Lipinski definition) is 2. The Morgan fingerprint density at radius 1 is 1.20 bits per heavy atom. The van der Waals surface area contributed by atoms with E-state index in [2.05, 4.69) is 23.0 Å². The minimum absolute atomic E-state index is 0. The average Bonchev–Trinajstić information content (AvgIpc) is 2.30. The van der Waals surface area contributed by atoms with Crippen LogP contribution in [-0.2, 0) is 26.5 Å². The Morgan fingerprint density at radius 2 is 1.93 bits per heavy atom. The van der Waals surface area contributed by atoms with Crippen molar-refractivity contribution in [2.45, 2.75) is 13.3 Å². The van der Waals surface area contributed by atoms with Gasteiger partial charge in [0.25, 0.3) is 0 Å². The van der Waals surface area contributed by atoms with Gasteiger partial charge in [0.15, 0.2) is 0 Å². The van der Waals surface area contributed by atoms with E-state index in [-0.39, 0.29) is 20.1 Å². The molecular weight excluding hydrogens is 364 g/mol. The largest absolute Gasteiger partial charge is 0.285 e. The molecule has 2 rings (SSSR count). The van der Waals surface area contributed by atoms with Crippen LogP contribution in [0.3, 0.4) is 0 Å². The Labute approximate surface area is 103 Å². The molecule has 0 bridgehead atoms. The molecule has 3 heteroatoms. The third-order valence-electron chi connectivity index (χ3n) is 2.06. The van der Waals surface area contributed by atoms with Gasteiger partial charge in [-0.3, -0.25) is 9.97 Å². The summed E-state index contributed by atoms with van der Waals surface area (Å²) in [5, 5.41) is 0. The standard InChI is InChI=1S/C12H11N2.Ir/c1-2-10-8-13-12(14-9-10)11-6-4-3-5-7-11;/h3-6,8-9H,2H2,1H3;/q-1;. The van der Waals surface area contributed by atoms with Crippen LogP contribution in [0.4, 0.5) is 0 Å². The first-order chi connectivity index (χ1) is 6.90. The summed E-state index contributed by atoms with van der Waals surface area (Å²) < 4.78 is 0. The summed E-state index contributed by atoms with van der Waals surface area (Å²) in [7, 11) is 0. The quantitative estimate of drug-likeness (QED) is 0.754. The van der Waals surface area contributed by atoms with Gasteiger partial charge in [-0.05, 0) is 12.0 Å². The molecule has 79 valence electrons. The molecule has 0 spiro atoms. The maximum absolute atomic E-state index is 4.28. The summed E-state index contributed by atoms with van der Waals surface area (Å²) in [5.74, 6) is 0.739. The molecule has 1 heterocycles. The van der Waals surface area contributed by atoms with Gasteiger partial charge in [-0.1, -0.05) is 6.92 Å². The van der Waals surface area contributed by atoms with Crippen LogP contribution < -0.4 is 0 Å². The van der Waals surface area contributed by atoms with Gasteiger partial charge in [0, 0.05) is 32.5 Å². The van der Waals surface area contributed by atoms with E-state index in [4.69, 9.17) is 0 Å². The predicted octanol–water partition coefficient (Wildman–Crippen LogP) is 2.50. The molecule has 1 aromatic heterocycles. The van der Waals surface area contributed by atoms with Gasteiger partial charge >= 0.3 is 0 Å². The maximum atomic E-state index is 4.28. The summed E-state index contributed by atoms with van der Waals surface area (Å²) in [6.07, 6.45) is 4.70. The van der Waals surface area contributed by atoms with Gasteiger partial charge in [-0.2, -0.15) is 0 Å². The number of aryl methyl sites for hydroxylation is 1. The van der Waals surface area contributed by atoms with Crippen LogP contribution in [-0.4, -0.2) is 9.97 Å². The van der Waals surface area contributed by atoms with Crippen LogP contribution in [0.25, 0.3) is 11.4 Å². The fourth-order valence-corrected chi connectivity index (χ4v) is 1.21. The predicted molar refractivity (Wildman–Crippen MR) is 55.7 cm³/mol. The number of nitrogens with zero attached hydrogens (tertiary/aromatic N) is 2. The molecule has 2 aromatic rings. The van der Waals surface area contributed by atoms with E-state index in [0.29, 0.717) is 0 Å². The van der Waals surface area contributed by atoms with Crippen LogP contribution in [0.2, 0.25) is 0 Å². The van der Waals surface area contributed by atoms with Crippen molar-refractivity contribution in [2.75, 3.05) is 0 Å². The Kier molecular flexibility index (Phi) is 4.60. The van der Waals surface area contributed by atoms with E-state index in [1.54, 1.807) is 0 Å². The van der Waals surface area contributed by atoms with Crippen molar-refractivity contribution in [2.24, 2.45) is 0 Å². The second-order valence-corrected chi connectivity index (χ2v) is 3.04. The van der Waals surface area contributed by atoms with Crippen molar-refractivity contribution in [3.8, 4) is 11.4 Å². The smallest absolute Gasteiger partial charge is 0.0748 e. The van der Waals surface area contributed by atoms with Crippen molar-refractivity contribution in [3.63, 3.8) is 0 Å². The van der Waals surface area contributed by atoms with E-state index in [1.165, 1.54) is 0 Å². The zero-order chi connectivity index (χ0) is 9.80. The molecule has 1 aromatic carbocycles. The van der Waals surface area contributed by atoms with Crippen molar-refractivity contribution < 1.29 is 20.1 Å². The van der Waals surface area contributed by atoms with E-state index < -0.39 is 0 Å². The molecule has 0 saturated heterocycles. The minimum atomic E-state index is 0. The summed E-state index contributed by atoms with van der Waals surface area (Å²) >= 11 is 0. The number of hydrogen-bond donors (Lipinski definition) is 0. The Balaban J connectivity index is 0.00000112. The molecule has 15 heavy (non-hydrogen) atoms. The zero-order valence-corrected chi connectivity index (χ0v) is 10.8. The molecule has 0 atom stereocenters. The summed E-state index contributed by atoms with van der Waals surface area (Å²) in [5.41, 5.74) is 2.10. The monoisotopic (exact) mass is 376 g/mol. The fraction of sp³-hybridized carbons (Fsp3) is 0.167. The topological polar surface area (TPSA) is 25.8 Å². The zero-order valence-electron chi connectivity index (χ0n) is 8.40. The second kappa shape index (κ2) is 5.74. The van der Waals surface area contributed by atoms with Gasteiger partial charge in [-0.25, -0.2) is 0 Å². The van der Waals surface area contributed by atoms with E-state index >= 15 is 0 Å². The van der Waals surface area contributed by atoms with Crippen molar-refractivity contribution in [1.82, 2.24) is 9.97 Å². The molecule has 0 saturated carbocycles. The van der Waals surface area contributed by atoms with Crippen molar-refractivity contribution in [3.05, 3.63) is 48.3 Å². The Morgan fingerprint density at radius 3 is 2.47 bits per heavy atom. The first-order valence-corrected chi connectivity index (χ1v) is 4.68. The van der Waals surface area contributed by atoms with Crippen molar-refractivity contribution in [1.29, 1.82) is 0 Å². The summed E-state index contributed by atoms with van der Waals surface area (Å²) in [4.78, 5) is 8.55. The molecule has 2 nitrogen and oxygen atoms in total. The molecular formula is C12H11IrN2-. The Hall–Kier alpha value is -1.05. The van der Waals surface area contributed by atoms with Gasteiger partial charge in [0.2, 0.25) is 0 Å². The molecule has 0 N–H and O–H groups in total. The molecule has 1 radical (unpaired) electrons. The average molecular weight is 375 g/mol. The second-order valence-electron chi connectivity index (χ2n) is 3.04. The summed E-state index contributed by atoms with van der Waals surface area (Å²) in [6.45, 7) is 2.09. The van der Waals surface area contributed by atoms with Gasteiger partial charge in [-0.15, -0.1) is 35.9 Å². The fourth-order valence-electron chi connectivity index (χ4n) is 1.21. The van der Waals surface area contributed by atoms with Crippen molar-refractivity contribution >= 4 is 0 Å². The molecule has 0 fully saturated rings. The maximum Gasteiger partial charge on any atom is 0.0748 e. The SMILES string of the molecule is CCc1cnc(-c2[c-]cccc2)nc1.[Ir]. The third-order valence-corrected chi connectivity index (χ3v) is 2.06. The third kappa shape index (κ3) is 2.95. The van der Waals surface area contributed by atoms with Gasteiger partial charge in [0.05, 0.1) is 5.82 Å². The first-order valence-electron chi connectivity index (χ1n) is 4.68. The molecule has 0 amide bonds.